The van der Waals surface area contributed by atoms with Gasteiger partial charge in [0.2, 0.25) is 0 Å². The van der Waals surface area contributed by atoms with Gasteiger partial charge >= 0.3 is 0 Å². The fourth-order valence-corrected chi connectivity index (χ4v) is 2.77. The lowest BCUT2D eigenvalue weighted by Gasteiger charge is -2.51. The molecule has 0 radical (unpaired) electrons. The number of hydrogen-bond donors (Lipinski definition) is 1. The number of piperazine rings is 1. The first-order valence-electron chi connectivity index (χ1n) is 5.20. The van der Waals surface area contributed by atoms with Crippen LogP contribution in [0.2, 0.25) is 0 Å². The quantitative estimate of drug-likeness (QED) is 0.633. The smallest absolute Gasteiger partial charge is 0.0250 e. The van der Waals surface area contributed by atoms with E-state index in [1.54, 1.807) is 0 Å². The third-order valence-corrected chi connectivity index (χ3v) is 3.41. The summed E-state index contributed by atoms with van der Waals surface area (Å²) in [6.07, 6.45) is 2.79. The van der Waals surface area contributed by atoms with E-state index in [2.05, 4.69) is 31.0 Å². The Morgan fingerprint density at radius 3 is 2.50 bits per heavy atom. The lowest BCUT2D eigenvalue weighted by molar-refractivity contribution is 0.0201. The van der Waals surface area contributed by atoms with Gasteiger partial charge in [0.15, 0.2) is 0 Å². The highest BCUT2D eigenvalue weighted by molar-refractivity contribution is 4.98. The highest BCUT2D eigenvalue weighted by Crippen LogP contribution is 2.27. The fourth-order valence-electron chi connectivity index (χ4n) is 2.77. The van der Waals surface area contributed by atoms with E-state index in [1.165, 1.54) is 19.4 Å². The van der Waals surface area contributed by atoms with Crippen molar-refractivity contribution in [3.8, 4) is 0 Å². The Labute approximate surface area is 75.3 Å². The van der Waals surface area contributed by atoms with Crippen LogP contribution in [0.25, 0.3) is 0 Å². The molecule has 0 spiro atoms. The zero-order chi connectivity index (χ0) is 8.72. The highest BCUT2D eigenvalue weighted by atomic mass is 15.3. The summed E-state index contributed by atoms with van der Waals surface area (Å²) in [7, 11) is 0. The van der Waals surface area contributed by atoms with E-state index >= 15 is 0 Å². The Kier molecular flexibility index (Phi) is 2.13. The molecule has 2 nitrogen and oxygen atoms in total. The van der Waals surface area contributed by atoms with Gasteiger partial charge in [-0.05, 0) is 33.6 Å². The molecule has 1 N–H and O–H groups in total. The average Bonchev–Trinajstić information content (AvgIpc) is 2.04. The van der Waals surface area contributed by atoms with Crippen LogP contribution in [0.5, 0.6) is 0 Å². The molecule has 3 aliphatic heterocycles. The van der Waals surface area contributed by atoms with E-state index < -0.39 is 0 Å². The minimum Gasteiger partial charge on any atom is -0.309 e. The molecule has 0 aromatic carbocycles. The van der Waals surface area contributed by atoms with Gasteiger partial charge in [-0.15, -0.1) is 0 Å². The van der Waals surface area contributed by atoms with Gasteiger partial charge in [0.1, 0.15) is 0 Å². The maximum absolute atomic E-state index is 3.66. The van der Waals surface area contributed by atoms with Crippen LogP contribution in [-0.2, 0) is 0 Å². The lowest BCUT2D eigenvalue weighted by Crippen LogP contribution is -2.66. The first-order chi connectivity index (χ1) is 5.68. The molecule has 3 saturated heterocycles. The molecule has 0 saturated carbocycles. The molecule has 2 bridgehead atoms. The van der Waals surface area contributed by atoms with E-state index in [-0.39, 0.29) is 0 Å². The topological polar surface area (TPSA) is 15.3 Å². The molecule has 3 rings (SSSR count). The maximum atomic E-state index is 3.66. The Morgan fingerprint density at radius 1 is 1.33 bits per heavy atom. The first-order valence-corrected chi connectivity index (χ1v) is 5.20. The van der Waals surface area contributed by atoms with Crippen LogP contribution < -0.4 is 5.32 Å². The lowest BCUT2D eigenvalue weighted by atomic mass is 9.87. The van der Waals surface area contributed by atoms with Crippen LogP contribution in [-0.4, -0.2) is 35.6 Å². The second kappa shape index (κ2) is 3.00. The van der Waals surface area contributed by atoms with Crippen molar-refractivity contribution in [2.45, 2.75) is 57.8 Å². The van der Waals surface area contributed by atoms with Crippen molar-refractivity contribution in [2.75, 3.05) is 6.54 Å². The number of hydrogen-bond acceptors (Lipinski definition) is 2. The summed E-state index contributed by atoms with van der Waals surface area (Å²) in [5.41, 5.74) is 0. The number of nitrogens with zero attached hydrogens (tertiary/aromatic N) is 1. The zero-order valence-electron chi connectivity index (χ0n) is 8.38. The molecule has 70 valence electrons. The largest absolute Gasteiger partial charge is 0.309 e. The van der Waals surface area contributed by atoms with E-state index in [0.717, 1.165) is 18.1 Å². The summed E-state index contributed by atoms with van der Waals surface area (Å²) < 4.78 is 0. The number of rotatable bonds is 1. The monoisotopic (exact) mass is 168 g/mol. The van der Waals surface area contributed by atoms with Crippen molar-refractivity contribution in [2.24, 2.45) is 0 Å². The average molecular weight is 168 g/mol. The third-order valence-electron chi connectivity index (χ3n) is 3.41. The molecule has 0 aromatic heterocycles. The van der Waals surface area contributed by atoms with Gasteiger partial charge in [-0.1, -0.05) is 0 Å². The number of fused-ring (bicyclic) bond motifs is 3. The molecule has 0 amide bonds. The summed E-state index contributed by atoms with van der Waals surface area (Å²) in [6, 6.07) is 3.00. The van der Waals surface area contributed by atoms with Crippen LogP contribution in [0, 0.1) is 0 Å². The summed E-state index contributed by atoms with van der Waals surface area (Å²) in [5.74, 6) is 0. The van der Waals surface area contributed by atoms with Crippen LogP contribution in [0.4, 0.5) is 0 Å². The van der Waals surface area contributed by atoms with Crippen LogP contribution >= 0.6 is 0 Å². The number of nitrogens with one attached hydrogen (secondary N) is 1. The van der Waals surface area contributed by atoms with Crippen molar-refractivity contribution < 1.29 is 0 Å². The molecule has 3 atom stereocenters. The molecule has 3 heterocycles. The van der Waals surface area contributed by atoms with Gasteiger partial charge in [0.05, 0.1) is 0 Å². The zero-order valence-corrected chi connectivity index (χ0v) is 8.38. The fraction of sp³-hybridized carbons (Fsp3) is 1.00. The van der Waals surface area contributed by atoms with Gasteiger partial charge in [-0.3, -0.25) is 4.90 Å². The Hall–Kier alpha value is -0.0800. The van der Waals surface area contributed by atoms with Gasteiger partial charge in [-0.25, -0.2) is 0 Å². The molecule has 3 fully saturated rings. The summed E-state index contributed by atoms with van der Waals surface area (Å²) in [5, 5.41) is 3.66. The molecule has 3 aliphatic rings. The van der Waals surface area contributed by atoms with E-state index in [9.17, 15) is 0 Å². The summed E-state index contributed by atoms with van der Waals surface area (Å²) in [6.45, 7) is 8.22. The highest BCUT2D eigenvalue weighted by Gasteiger charge is 2.38. The predicted octanol–water partition coefficient (Wildman–Crippen LogP) is 1.22. The minimum absolute atomic E-state index is 0.708. The molecule has 0 aliphatic carbocycles. The van der Waals surface area contributed by atoms with Gasteiger partial charge in [0.25, 0.3) is 0 Å². The van der Waals surface area contributed by atoms with Crippen LogP contribution in [0.3, 0.4) is 0 Å². The standard InChI is InChI=1S/C10H20N2/c1-7(2)12-6-9-4-5-10(12)8(3)11-9/h7-11H,4-6H2,1-3H3/t8-,9+,10+/m1/s1. The van der Waals surface area contributed by atoms with Crippen molar-refractivity contribution in [1.82, 2.24) is 10.2 Å². The van der Waals surface area contributed by atoms with Gasteiger partial charge in [-0.2, -0.15) is 0 Å². The number of piperidine rings is 2. The van der Waals surface area contributed by atoms with Crippen molar-refractivity contribution in [3.63, 3.8) is 0 Å². The molecule has 12 heavy (non-hydrogen) atoms. The minimum atomic E-state index is 0.708. The predicted molar refractivity (Wildman–Crippen MR) is 51.2 cm³/mol. The molecular formula is C10H20N2. The van der Waals surface area contributed by atoms with Crippen molar-refractivity contribution in [3.05, 3.63) is 0 Å². The third kappa shape index (κ3) is 1.27. The van der Waals surface area contributed by atoms with E-state index in [0.29, 0.717) is 6.04 Å². The normalized spacial score (nSPS) is 42.5. The Bertz CT molecular complexity index is 167. The van der Waals surface area contributed by atoms with E-state index in [1.807, 2.05) is 0 Å². The molecule has 2 heteroatoms. The molecule has 0 unspecified atom stereocenters. The van der Waals surface area contributed by atoms with Crippen molar-refractivity contribution in [1.29, 1.82) is 0 Å². The second-order valence-corrected chi connectivity index (χ2v) is 4.59. The summed E-state index contributed by atoms with van der Waals surface area (Å²) in [4.78, 5) is 2.66. The summed E-state index contributed by atoms with van der Waals surface area (Å²) >= 11 is 0. The molecule has 0 aromatic rings. The Morgan fingerprint density at radius 2 is 2.08 bits per heavy atom. The van der Waals surface area contributed by atoms with Gasteiger partial charge < -0.3 is 5.32 Å². The van der Waals surface area contributed by atoms with Gasteiger partial charge in [0, 0.05) is 30.7 Å². The SMILES string of the molecule is CC(C)N1C[C@@H]2CC[C@H]1[C@@H](C)N2. The van der Waals surface area contributed by atoms with Crippen LogP contribution in [0.1, 0.15) is 33.6 Å². The van der Waals surface area contributed by atoms with Crippen molar-refractivity contribution >= 4 is 0 Å². The first kappa shape index (κ1) is 8.52. The van der Waals surface area contributed by atoms with E-state index in [4.69, 9.17) is 0 Å². The maximum Gasteiger partial charge on any atom is 0.0250 e. The second-order valence-electron chi connectivity index (χ2n) is 4.59. The molecular weight excluding hydrogens is 148 g/mol. The Balaban J connectivity index is 2.09. The van der Waals surface area contributed by atoms with Crippen LogP contribution in [0.15, 0.2) is 0 Å².